The van der Waals surface area contributed by atoms with Gasteiger partial charge in [-0.1, -0.05) is 25.2 Å². The molecule has 172 valence electrons. The third-order valence-corrected chi connectivity index (χ3v) is 8.07. The van der Waals surface area contributed by atoms with Gasteiger partial charge in [0.15, 0.2) is 5.13 Å². The Hall–Kier alpha value is -2.88. The van der Waals surface area contributed by atoms with E-state index < -0.39 is 4.92 Å². The fraction of sp³-hybridized carbons (Fsp3) is 0.333. The maximum absolute atomic E-state index is 13.7. The molecule has 33 heavy (non-hydrogen) atoms. The van der Waals surface area contributed by atoms with Crippen molar-refractivity contribution in [2.24, 2.45) is 0 Å². The standard InChI is InChI=1S/C24H26N4O3S2/c1-5-26(6-2)9-10-27(24-25-19-11-15(3)16(4)12-21(19)33-24)23(29)22-14-17-13-18(28(30)31)7-8-20(17)32-22/h7-8,11-14H,5-6,9-10H2,1-4H3. The Labute approximate surface area is 200 Å². The molecule has 0 N–H and O–H groups in total. The maximum Gasteiger partial charge on any atom is 0.270 e. The van der Waals surface area contributed by atoms with Crippen LogP contribution in [0.25, 0.3) is 20.3 Å². The topological polar surface area (TPSA) is 79.6 Å². The summed E-state index contributed by atoms with van der Waals surface area (Å²) < 4.78 is 1.91. The summed E-state index contributed by atoms with van der Waals surface area (Å²) in [6.07, 6.45) is 0. The number of hydrogen-bond donors (Lipinski definition) is 0. The summed E-state index contributed by atoms with van der Waals surface area (Å²) in [7, 11) is 0. The smallest absolute Gasteiger partial charge is 0.270 e. The van der Waals surface area contributed by atoms with Crippen molar-refractivity contribution in [3.63, 3.8) is 0 Å². The van der Waals surface area contributed by atoms with Gasteiger partial charge in [0.1, 0.15) is 0 Å². The lowest BCUT2D eigenvalue weighted by atomic mass is 10.1. The van der Waals surface area contributed by atoms with E-state index >= 15 is 0 Å². The fourth-order valence-corrected chi connectivity index (χ4v) is 5.79. The van der Waals surface area contributed by atoms with Crippen LogP contribution in [0.4, 0.5) is 10.8 Å². The average molecular weight is 483 g/mol. The Bertz CT molecular complexity index is 1300. The number of carbonyl (C=O) groups excluding carboxylic acids is 1. The molecule has 0 radical (unpaired) electrons. The molecule has 0 aliphatic carbocycles. The summed E-state index contributed by atoms with van der Waals surface area (Å²) in [5, 5.41) is 12.5. The van der Waals surface area contributed by atoms with Crippen molar-refractivity contribution in [3.05, 3.63) is 62.5 Å². The van der Waals surface area contributed by atoms with E-state index in [1.54, 1.807) is 17.0 Å². The third kappa shape index (κ3) is 4.75. The number of likely N-dealkylation sites (N-methyl/N-ethyl adjacent to an activating group) is 1. The molecule has 0 aliphatic heterocycles. The van der Waals surface area contributed by atoms with Gasteiger partial charge in [0, 0.05) is 35.3 Å². The second-order valence-corrected chi connectivity index (χ2v) is 10.1. The number of aromatic nitrogens is 1. The molecule has 2 aromatic heterocycles. The maximum atomic E-state index is 13.7. The Balaban J connectivity index is 1.73. The van der Waals surface area contributed by atoms with E-state index in [0.29, 0.717) is 21.9 Å². The fourth-order valence-electron chi connectivity index (χ4n) is 3.73. The zero-order chi connectivity index (χ0) is 23.7. The molecule has 2 heterocycles. The number of fused-ring (bicyclic) bond motifs is 2. The van der Waals surface area contributed by atoms with E-state index in [1.807, 2.05) is 0 Å². The number of thiazole rings is 1. The number of benzene rings is 2. The van der Waals surface area contributed by atoms with Crippen LogP contribution in [0, 0.1) is 24.0 Å². The van der Waals surface area contributed by atoms with E-state index in [2.05, 4.69) is 44.7 Å². The molecule has 1 amide bonds. The molecule has 0 bridgehead atoms. The molecule has 0 saturated heterocycles. The minimum absolute atomic E-state index is 0.0228. The van der Waals surface area contributed by atoms with Crippen molar-refractivity contribution in [3.8, 4) is 0 Å². The van der Waals surface area contributed by atoms with Gasteiger partial charge in [-0.05, 0) is 62.3 Å². The molecule has 4 aromatic rings. The largest absolute Gasteiger partial charge is 0.302 e. The Morgan fingerprint density at radius 3 is 2.42 bits per heavy atom. The van der Waals surface area contributed by atoms with E-state index in [4.69, 9.17) is 4.98 Å². The highest BCUT2D eigenvalue weighted by Crippen LogP contribution is 2.34. The van der Waals surface area contributed by atoms with Crippen molar-refractivity contribution in [1.82, 2.24) is 9.88 Å². The molecule has 0 aliphatic rings. The lowest BCUT2D eigenvalue weighted by Gasteiger charge is -2.24. The molecule has 0 unspecified atom stereocenters. The molecule has 0 atom stereocenters. The molecule has 0 fully saturated rings. The van der Waals surface area contributed by atoms with Gasteiger partial charge in [0.25, 0.3) is 11.6 Å². The third-order valence-electron chi connectivity index (χ3n) is 5.92. The van der Waals surface area contributed by atoms with Crippen LogP contribution in [0.1, 0.15) is 34.6 Å². The summed E-state index contributed by atoms with van der Waals surface area (Å²) in [6.45, 7) is 11.4. The number of rotatable bonds is 8. The number of anilines is 1. The summed E-state index contributed by atoms with van der Waals surface area (Å²) >= 11 is 2.88. The van der Waals surface area contributed by atoms with Crippen LogP contribution in [0.15, 0.2) is 36.4 Å². The summed E-state index contributed by atoms with van der Waals surface area (Å²) in [4.78, 5) is 33.8. The zero-order valence-corrected chi connectivity index (χ0v) is 20.8. The van der Waals surface area contributed by atoms with Gasteiger partial charge < -0.3 is 4.90 Å². The van der Waals surface area contributed by atoms with Crippen molar-refractivity contribution in [2.45, 2.75) is 27.7 Å². The predicted molar refractivity (Wildman–Crippen MR) is 137 cm³/mol. The van der Waals surface area contributed by atoms with Crippen LogP contribution in [-0.4, -0.2) is 46.9 Å². The number of aryl methyl sites for hydroxylation is 2. The predicted octanol–water partition coefficient (Wildman–Crippen LogP) is 6.02. The van der Waals surface area contributed by atoms with Gasteiger partial charge in [-0.15, -0.1) is 11.3 Å². The zero-order valence-electron chi connectivity index (χ0n) is 19.1. The lowest BCUT2D eigenvalue weighted by molar-refractivity contribution is -0.384. The first kappa shape index (κ1) is 23.3. The SMILES string of the molecule is CCN(CC)CCN(C(=O)c1cc2cc([N+](=O)[O-])ccc2s1)c1nc2cc(C)c(C)cc2s1. The molecular formula is C24H26N4O3S2. The van der Waals surface area contributed by atoms with Gasteiger partial charge in [0.2, 0.25) is 0 Å². The van der Waals surface area contributed by atoms with Gasteiger partial charge >= 0.3 is 0 Å². The monoisotopic (exact) mass is 482 g/mol. The van der Waals surface area contributed by atoms with Crippen LogP contribution in [0.2, 0.25) is 0 Å². The molecule has 7 nitrogen and oxygen atoms in total. The first-order valence-corrected chi connectivity index (χ1v) is 12.5. The number of nitro groups is 1. The first-order chi connectivity index (χ1) is 15.8. The van der Waals surface area contributed by atoms with Crippen LogP contribution >= 0.6 is 22.7 Å². The van der Waals surface area contributed by atoms with E-state index in [9.17, 15) is 14.9 Å². The van der Waals surface area contributed by atoms with Crippen molar-refractivity contribution in [1.29, 1.82) is 0 Å². The normalized spacial score (nSPS) is 11.5. The van der Waals surface area contributed by atoms with E-state index in [0.717, 1.165) is 34.6 Å². The van der Waals surface area contributed by atoms with Crippen molar-refractivity contribution >= 4 is 59.7 Å². The highest BCUT2D eigenvalue weighted by molar-refractivity contribution is 7.23. The van der Waals surface area contributed by atoms with Gasteiger partial charge in [0.05, 0.1) is 20.0 Å². The Morgan fingerprint density at radius 1 is 1.00 bits per heavy atom. The number of hydrogen-bond acceptors (Lipinski definition) is 7. The van der Waals surface area contributed by atoms with Crippen molar-refractivity contribution < 1.29 is 9.72 Å². The molecule has 2 aromatic carbocycles. The van der Waals surface area contributed by atoms with Crippen LogP contribution in [0.3, 0.4) is 0 Å². The molecular weight excluding hydrogens is 456 g/mol. The quantitative estimate of drug-likeness (QED) is 0.226. The summed E-state index contributed by atoms with van der Waals surface area (Å²) in [5.74, 6) is -0.126. The molecule has 9 heteroatoms. The first-order valence-electron chi connectivity index (χ1n) is 10.9. The summed E-state index contributed by atoms with van der Waals surface area (Å²) in [6, 6.07) is 10.6. The number of nitro benzene ring substituents is 1. The number of non-ortho nitro benzene ring substituents is 1. The molecule has 0 saturated carbocycles. The molecule has 4 rings (SSSR count). The van der Waals surface area contributed by atoms with Crippen LogP contribution in [-0.2, 0) is 0 Å². The minimum Gasteiger partial charge on any atom is -0.302 e. The minimum atomic E-state index is -0.417. The summed E-state index contributed by atoms with van der Waals surface area (Å²) in [5.41, 5.74) is 3.29. The number of carbonyl (C=O) groups is 1. The number of nitrogens with zero attached hydrogens (tertiary/aromatic N) is 4. The van der Waals surface area contributed by atoms with Gasteiger partial charge in [-0.3, -0.25) is 19.8 Å². The Kier molecular flexibility index (Phi) is 6.73. The highest BCUT2D eigenvalue weighted by atomic mass is 32.1. The van der Waals surface area contributed by atoms with Crippen LogP contribution in [0.5, 0.6) is 0 Å². The average Bonchev–Trinajstić information content (AvgIpc) is 3.40. The lowest BCUT2D eigenvalue weighted by Crippen LogP contribution is -2.38. The number of thiophene rings is 1. The second-order valence-electron chi connectivity index (χ2n) is 7.97. The van der Waals surface area contributed by atoms with Crippen molar-refractivity contribution in [2.75, 3.05) is 31.1 Å². The van der Waals surface area contributed by atoms with E-state index in [1.165, 1.54) is 45.9 Å². The Morgan fingerprint density at radius 2 is 1.73 bits per heavy atom. The van der Waals surface area contributed by atoms with Gasteiger partial charge in [-0.2, -0.15) is 0 Å². The van der Waals surface area contributed by atoms with E-state index in [-0.39, 0.29) is 11.6 Å². The highest BCUT2D eigenvalue weighted by Gasteiger charge is 2.24. The number of amides is 1. The second kappa shape index (κ2) is 9.54. The van der Waals surface area contributed by atoms with Gasteiger partial charge in [-0.25, -0.2) is 4.98 Å². The molecule has 0 spiro atoms. The van der Waals surface area contributed by atoms with Crippen LogP contribution < -0.4 is 4.90 Å².